The van der Waals surface area contributed by atoms with Crippen molar-refractivity contribution in [3.05, 3.63) is 12.2 Å². The van der Waals surface area contributed by atoms with Crippen molar-refractivity contribution in [1.29, 1.82) is 0 Å². The van der Waals surface area contributed by atoms with Gasteiger partial charge in [0.2, 0.25) is 0 Å². The van der Waals surface area contributed by atoms with Gasteiger partial charge < -0.3 is 4.74 Å². The Bertz CT molecular complexity index is 295. The molecular formula is C14H22O2. The van der Waals surface area contributed by atoms with Crippen LogP contribution in [0.4, 0.5) is 0 Å². The van der Waals surface area contributed by atoms with E-state index in [1.54, 1.807) is 6.92 Å². The standard InChI is InChI=1S/C14H22O2/c1-4-12-10-5-6-11(7-10)13(12)8-16-14(15)9(2)3/h10-13H,2,4-8H2,1,3H3. The molecule has 2 saturated carbocycles. The van der Waals surface area contributed by atoms with E-state index in [2.05, 4.69) is 13.5 Å². The molecule has 0 aromatic rings. The van der Waals surface area contributed by atoms with Gasteiger partial charge in [-0.05, 0) is 49.9 Å². The summed E-state index contributed by atoms with van der Waals surface area (Å²) in [6.07, 6.45) is 5.34. The van der Waals surface area contributed by atoms with E-state index < -0.39 is 0 Å². The molecule has 0 saturated heterocycles. The van der Waals surface area contributed by atoms with Crippen LogP contribution in [-0.4, -0.2) is 12.6 Å². The molecule has 0 heterocycles. The number of hydrogen-bond donors (Lipinski definition) is 0. The van der Waals surface area contributed by atoms with E-state index in [0.29, 0.717) is 18.1 Å². The average Bonchev–Trinajstić information content (AvgIpc) is 2.84. The fraction of sp³-hybridized carbons (Fsp3) is 0.786. The molecule has 2 aliphatic carbocycles. The molecule has 0 amide bonds. The van der Waals surface area contributed by atoms with Crippen LogP contribution in [0.3, 0.4) is 0 Å². The van der Waals surface area contributed by atoms with Gasteiger partial charge in [0.25, 0.3) is 0 Å². The number of esters is 1. The summed E-state index contributed by atoms with van der Waals surface area (Å²) in [6.45, 7) is 8.20. The third kappa shape index (κ3) is 2.02. The first kappa shape index (κ1) is 11.7. The molecule has 4 atom stereocenters. The molecule has 0 N–H and O–H groups in total. The van der Waals surface area contributed by atoms with Crippen LogP contribution < -0.4 is 0 Å². The number of carbonyl (C=O) groups excluding carboxylic acids is 1. The molecule has 4 unspecified atom stereocenters. The van der Waals surface area contributed by atoms with Crippen LogP contribution in [0.25, 0.3) is 0 Å². The topological polar surface area (TPSA) is 26.3 Å². The Balaban J connectivity index is 1.89. The molecule has 2 aliphatic rings. The SMILES string of the molecule is C=C(C)C(=O)OCC1C2CCC(C2)C1CC. The van der Waals surface area contributed by atoms with E-state index in [0.717, 1.165) is 17.8 Å². The van der Waals surface area contributed by atoms with Gasteiger partial charge >= 0.3 is 5.97 Å². The predicted octanol–water partition coefficient (Wildman–Crippen LogP) is 3.18. The Morgan fingerprint density at radius 3 is 2.50 bits per heavy atom. The lowest BCUT2D eigenvalue weighted by atomic mass is 9.78. The molecule has 0 aliphatic heterocycles. The zero-order valence-corrected chi connectivity index (χ0v) is 10.4. The van der Waals surface area contributed by atoms with E-state index in [9.17, 15) is 4.79 Å². The second kappa shape index (κ2) is 4.60. The number of ether oxygens (including phenoxy) is 1. The fourth-order valence-electron chi connectivity index (χ4n) is 3.72. The summed E-state index contributed by atoms with van der Waals surface area (Å²) in [4.78, 5) is 11.4. The van der Waals surface area contributed by atoms with Crippen LogP contribution in [0.5, 0.6) is 0 Å². The third-order valence-corrected chi connectivity index (χ3v) is 4.50. The van der Waals surface area contributed by atoms with E-state index in [1.165, 1.54) is 25.7 Å². The lowest BCUT2D eigenvalue weighted by molar-refractivity contribution is -0.141. The van der Waals surface area contributed by atoms with Crippen LogP contribution in [0.1, 0.15) is 39.5 Å². The molecule has 90 valence electrons. The Hall–Kier alpha value is -0.790. The summed E-state index contributed by atoms with van der Waals surface area (Å²) in [6, 6.07) is 0. The lowest BCUT2D eigenvalue weighted by Gasteiger charge is -2.29. The Labute approximate surface area is 98.1 Å². The number of fused-ring (bicyclic) bond motifs is 2. The summed E-state index contributed by atoms with van der Waals surface area (Å²) >= 11 is 0. The van der Waals surface area contributed by atoms with Crippen molar-refractivity contribution in [2.75, 3.05) is 6.61 Å². The monoisotopic (exact) mass is 222 g/mol. The quantitative estimate of drug-likeness (QED) is 0.539. The second-order valence-corrected chi connectivity index (χ2v) is 5.45. The van der Waals surface area contributed by atoms with Gasteiger partial charge in [-0.3, -0.25) is 0 Å². The maximum absolute atomic E-state index is 11.4. The van der Waals surface area contributed by atoms with Crippen LogP contribution in [0.2, 0.25) is 0 Å². The maximum atomic E-state index is 11.4. The second-order valence-electron chi connectivity index (χ2n) is 5.45. The van der Waals surface area contributed by atoms with Gasteiger partial charge in [0.15, 0.2) is 0 Å². The van der Waals surface area contributed by atoms with Crippen molar-refractivity contribution < 1.29 is 9.53 Å². The van der Waals surface area contributed by atoms with E-state index in [1.807, 2.05) is 0 Å². The van der Waals surface area contributed by atoms with Crippen LogP contribution >= 0.6 is 0 Å². The molecule has 2 heteroatoms. The van der Waals surface area contributed by atoms with Crippen molar-refractivity contribution >= 4 is 5.97 Å². The summed E-state index contributed by atoms with van der Waals surface area (Å²) in [7, 11) is 0. The van der Waals surface area contributed by atoms with Gasteiger partial charge in [-0.2, -0.15) is 0 Å². The smallest absolute Gasteiger partial charge is 0.333 e. The van der Waals surface area contributed by atoms with E-state index in [-0.39, 0.29) is 5.97 Å². The molecule has 2 nitrogen and oxygen atoms in total. The molecule has 2 fully saturated rings. The van der Waals surface area contributed by atoms with E-state index in [4.69, 9.17) is 4.74 Å². The highest BCUT2D eigenvalue weighted by atomic mass is 16.5. The molecule has 0 aromatic heterocycles. The van der Waals surface area contributed by atoms with E-state index >= 15 is 0 Å². The first-order valence-corrected chi connectivity index (χ1v) is 6.46. The number of rotatable bonds is 4. The normalized spacial score (nSPS) is 36.4. The summed E-state index contributed by atoms with van der Waals surface area (Å²) in [5.41, 5.74) is 0.510. The van der Waals surface area contributed by atoms with Gasteiger partial charge in [-0.25, -0.2) is 4.79 Å². The first-order chi connectivity index (χ1) is 7.63. The Morgan fingerprint density at radius 2 is 1.94 bits per heavy atom. The van der Waals surface area contributed by atoms with Crippen LogP contribution in [0, 0.1) is 23.7 Å². The van der Waals surface area contributed by atoms with Crippen LogP contribution in [0.15, 0.2) is 12.2 Å². The average molecular weight is 222 g/mol. The van der Waals surface area contributed by atoms with Gasteiger partial charge in [0.1, 0.15) is 0 Å². The predicted molar refractivity (Wildman–Crippen MR) is 63.9 cm³/mol. The van der Waals surface area contributed by atoms with Gasteiger partial charge in [-0.15, -0.1) is 0 Å². The molecule has 0 aromatic carbocycles. The molecule has 0 spiro atoms. The molecule has 16 heavy (non-hydrogen) atoms. The van der Waals surface area contributed by atoms with Crippen molar-refractivity contribution in [3.63, 3.8) is 0 Å². The fourth-order valence-corrected chi connectivity index (χ4v) is 3.72. The minimum Gasteiger partial charge on any atom is -0.462 e. The summed E-state index contributed by atoms with van der Waals surface area (Å²) in [5, 5.41) is 0. The van der Waals surface area contributed by atoms with Gasteiger partial charge in [-0.1, -0.05) is 19.9 Å². The van der Waals surface area contributed by atoms with Gasteiger partial charge in [0, 0.05) is 5.57 Å². The summed E-state index contributed by atoms with van der Waals surface area (Å²) in [5.74, 6) is 2.90. The van der Waals surface area contributed by atoms with Crippen LogP contribution in [-0.2, 0) is 9.53 Å². The minimum absolute atomic E-state index is 0.224. The van der Waals surface area contributed by atoms with Crippen molar-refractivity contribution in [2.45, 2.75) is 39.5 Å². The molecular weight excluding hydrogens is 200 g/mol. The van der Waals surface area contributed by atoms with Gasteiger partial charge in [0.05, 0.1) is 6.61 Å². The zero-order chi connectivity index (χ0) is 11.7. The number of hydrogen-bond acceptors (Lipinski definition) is 2. The highest BCUT2D eigenvalue weighted by Crippen LogP contribution is 2.53. The zero-order valence-electron chi connectivity index (χ0n) is 10.4. The lowest BCUT2D eigenvalue weighted by Crippen LogP contribution is -2.27. The highest BCUT2D eigenvalue weighted by molar-refractivity contribution is 5.86. The Kier molecular flexibility index (Phi) is 3.36. The van der Waals surface area contributed by atoms with Crippen molar-refractivity contribution in [3.8, 4) is 0 Å². The minimum atomic E-state index is -0.224. The van der Waals surface area contributed by atoms with Crippen molar-refractivity contribution in [1.82, 2.24) is 0 Å². The molecule has 0 radical (unpaired) electrons. The third-order valence-electron chi connectivity index (χ3n) is 4.50. The molecule has 2 rings (SSSR count). The number of carbonyl (C=O) groups is 1. The first-order valence-electron chi connectivity index (χ1n) is 6.46. The Morgan fingerprint density at radius 1 is 1.31 bits per heavy atom. The largest absolute Gasteiger partial charge is 0.462 e. The highest BCUT2D eigenvalue weighted by Gasteiger charge is 2.46. The molecule has 2 bridgehead atoms. The summed E-state index contributed by atoms with van der Waals surface area (Å²) < 4.78 is 5.33. The maximum Gasteiger partial charge on any atom is 0.333 e. The van der Waals surface area contributed by atoms with Crippen molar-refractivity contribution in [2.24, 2.45) is 23.7 Å².